The van der Waals surface area contributed by atoms with Gasteiger partial charge in [-0.3, -0.25) is 15.1 Å². The molecule has 0 bridgehead atoms. The zero-order chi connectivity index (χ0) is 21.4. The van der Waals surface area contributed by atoms with Crippen LogP contribution in [0.2, 0.25) is 5.02 Å². The minimum atomic E-state index is -0.534. The molecular formula is C21H13ClFN3O4. The number of benzene rings is 3. The molecule has 1 aromatic heterocycles. The Kier molecular flexibility index (Phi) is 4.93. The number of aromatic hydroxyl groups is 1. The standard InChI is InChI=1S/C21H13ClFN3O4/c1-11-6-15(26(28)29)7-12(20(11)27)10-24-14-3-5-19-18(9-14)25-21(30-19)16-4-2-13(23)8-17(16)22/h2-10,27H,1H3. The summed E-state index contributed by atoms with van der Waals surface area (Å²) in [5.41, 5.74) is 2.39. The maximum atomic E-state index is 13.3. The Labute approximate surface area is 174 Å². The van der Waals surface area contributed by atoms with Crippen LogP contribution < -0.4 is 0 Å². The monoisotopic (exact) mass is 425 g/mol. The van der Waals surface area contributed by atoms with E-state index in [-0.39, 0.29) is 27.9 Å². The Balaban J connectivity index is 1.69. The van der Waals surface area contributed by atoms with Crippen molar-refractivity contribution in [3.8, 4) is 17.2 Å². The number of nitrogens with zero attached hydrogens (tertiary/aromatic N) is 3. The molecule has 7 nitrogen and oxygen atoms in total. The molecule has 0 unspecified atom stereocenters. The lowest BCUT2D eigenvalue weighted by Gasteiger charge is -2.03. The van der Waals surface area contributed by atoms with Crippen LogP contribution in [0.25, 0.3) is 22.6 Å². The van der Waals surface area contributed by atoms with E-state index >= 15 is 0 Å². The quantitative estimate of drug-likeness (QED) is 0.247. The van der Waals surface area contributed by atoms with Gasteiger partial charge in [-0.25, -0.2) is 9.37 Å². The summed E-state index contributed by atoms with van der Waals surface area (Å²) in [4.78, 5) is 19.1. The molecule has 0 saturated heterocycles. The van der Waals surface area contributed by atoms with Gasteiger partial charge in [0.1, 0.15) is 17.1 Å². The van der Waals surface area contributed by atoms with Gasteiger partial charge >= 0.3 is 0 Å². The number of aliphatic imine (C=N–C) groups is 1. The Hall–Kier alpha value is -3.78. The second-order valence-electron chi connectivity index (χ2n) is 6.51. The van der Waals surface area contributed by atoms with Crippen molar-refractivity contribution in [2.45, 2.75) is 6.92 Å². The summed E-state index contributed by atoms with van der Waals surface area (Å²) in [5, 5.41) is 21.4. The summed E-state index contributed by atoms with van der Waals surface area (Å²) in [6, 6.07) is 11.4. The van der Waals surface area contributed by atoms with Gasteiger partial charge < -0.3 is 9.52 Å². The van der Waals surface area contributed by atoms with E-state index in [2.05, 4.69) is 9.98 Å². The highest BCUT2D eigenvalue weighted by Gasteiger charge is 2.14. The van der Waals surface area contributed by atoms with Crippen LogP contribution in [0.15, 0.2) is 57.9 Å². The van der Waals surface area contributed by atoms with E-state index in [1.54, 1.807) is 25.1 Å². The van der Waals surface area contributed by atoms with Gasteiger partial charge in [-0.1, -0.05) is 11.6 Å². The third kappa shape index (κ3) is 3.72. The van der Waals surface area contributed by atoms with Crippen molar-refractivity contribution < 1.29 is 18.8 Å². The van der Waals surface area contributed by atoms with Crippen LogP contribution in [0.4, 0.5) is 15.8 Å². The molecule has 1 heterocycles. The van der Waals surface area contributed by atoms with Crippen LogP contribution in [0.5, 0.6) is 5.75 Å². The first-order chi connectivity index (χ1) is 14.3. The Morgan fingerprint density at radius 3 is 2.77 bits per heavy atom. The van der Waals surface area contributed by atoms with Gasteiger partial charge in [0.2, 0.25) is 5.89 Å². The van der Waals surface area contributed by atoms with Crippen LogP contribution in [-0.2, 0) is 0 Å². The maximum Gasteiger partial charge on any atom is 0.270 e. The second-order valence-corrected chi connectivity index (χ2v) is 6.92. The molecule has 150 valence electrons. The SMILES string of the molecule is Cc1cc([N+](=O)[O-])cc(C=Nc2ccc3oc(-c4ccc(F)cc4Cl)nc3c2)c1O. The highest BCUT2D eigenvalue weighted by molar-refractivity contribution is 6.33. The maximum absolute atomic E-state index is 13.3. The number of nitro benzene ring substituents is 1. The first-order valence-corrected chi connectivity index (χ1v) is 9.08. The zero-order valence-electron chi connectivity index (χ0n) is 15.5. The fourth-order valence-electron chi connectivity index (χ4n) is 2.91. The van der Waals surface area contributed by atoms with E-state index in [4.69, 9.17) is 16.0 Å². The van der Waals surface area contributed by atoms with Crippen molar-refractivity contribution >= 4 is 40.3 Å². The summed E-state index contributed by atoms with van der Waals surface area (Å²) in [6.45, 7) is 1.57. The van der Waals surface area contributed by atoms with Crippen molar-refractivity contribution in [2.75, 3.05) is 0 Å². The van der Waals surface area contributed by atoms with Crippen LogP contribution in [-0.4, -0.2) is 21.2 Å². The molecule has 0 radical (unpaired) electrons. The predicted molar refractivity (Wildman–Crippen MR) is 111 cm³/mol. The molecule has 0 fully saturated rings. The summed E-state index contributed by atoms with van der Waals surface area (Å²) in [6.07, 6.45) is 1.34. The Morgan fingerprint density at radius 2 is 2.03 bits per heavy atom. The van der Waals surface area contributed by atoms with Gasteiger partial charge in [-0.05, 0) is 48.9 Å². The normalized spacial score (nSPS) is 11.4. The van der Waals surface area contributed by atoms with Crippen LogP contribution >= 0.6 is 11.6 Å². The number of phenols is 1. The molecule has 0 aliphatic rings. The number of nitro groups is 1. The number of rotatable bonds is 4. The number of aryl methyl sites for hydroxylation is 1. The van der Waals surface area contributed by atoms with Gasteiger partial charge in [0, 0.05) is 23.9 Å². The molecule has 30 heavy (non-hydrogen) atoms. The Morgan fingerprint density at radius 1 is 1.23 bits per heavy atom. The van der Waals surface area contributed by atoms with Gasteiger partial charge in [0.25, 0.3) is 5.69 Å². The lowest BCUT2D eigenvalue weighted by Crippen LogP contribution is -1.93. The average Bonchev–Trinajstić information content (AvgIpc) is 3.11. The van der Waals surface area contributed by atoms with Gasteiger partial charge in [-0.2, -0.15) is 0 Å². The van der Waals surface area contributed by atoms with Gasteiger partial charge in [0.05, 0.1) is 21.2 Å². The summed E-state index contributed by atoms with van der Waals surface area (Å²) in [7, 11) is 0. The number of aromatic nitrogens is 1. The smallest absolute Gasteiger partial charge is 0.270 e. The number of phenolic OH excluding ortho intramolecular Hbond substituents is 1. The molecule has 0 spiro atoms. The van der Waals surface area contributed by atoms with E-state index in [0.29, 0.717) is 27.9 Å². The van der Waals surface area contributed by atoms with Crippen molar-refractivity contribution in [1.82, 2.24) is 4.98 Å². The Bertz CT molecular complexity index is 1330. The summed E-state index contributed by atoms with van der Waals surface area (Å²) in [5.74, 6) is -0.306. The van der Waals surface area contributed by atoms with Crippen LogP contribution in [0.3, 0.4) is 0 Å². The summed E-state index contributed by atoms with van der Waals surface area (Å²) >= 11 is 6.07. The third-order valence-corrected chi connectivity index (χ3v) is 4.72. The molecule has 3 aromatic carbocycles. The number of fused-ring (bicyclic) bond motifs is 1. The van der Waals surface area contributed by atoms with Gasteiger partial charge in [-0.15, -0.1) is 0 Å². The van der Waals surface area contributed by atoms with Crippen molar-refractivity contribution in [1.29, 1.82) is 0 Å². The molecule has 9 heteroatoms. The van der Waals surface area contributed by atoms with E-state index in [0.717, 1.165) is 0 Å². The molecule has 0 aliphatic heterocycles. The second kappa shape index (κ2) is 7.57. The predicted octanol–water partition coefficient (Wildman–Crippen LogP) is 5.96. The first kappa shape index (κ1) is 19.5. The molecule has 1 N–H and O–H groups in total. The molecule has 0 saturated carbocycles. The number of halogens is 2. The fourth-order valence-corrected chi connectivity index (χ4v) is 3.16. The first-order valence-electron chi connectivity index (χ1n) is 8.70. The topological polar surface area (TPSA) is 102 Å². The molecular weight excluding hydrogens is 413 g/mol. The molecule has 0 atom stereocenters. The number of non-ortho nitro benzene ring substituents is 1. The number of hydrogen-bond acceptors (Lipinski definition) is 6. The zero-order valence-corrected chi connectivity index (χ0v) is 16.2. The molecule has 4 aromatic rings. The highest BCUT2D eigenvalue weighted by Crippen LogP contribution is 2.32. The van der Waals surface area contributed by atoms with E-state index in [9.17, 15) is 19.6 Å². The van der Waals surface area contributed by atoms with E-state index < -0.39 is 10.7 Å². The number of oxazole rings is 1. The molecule has 4 rings (SSSR count). The number of hydrogen-bond donors (Lipinski definition) is 1. The van der Waals surface area contributed by atoms with E-state index in [1.165, 1.54) is 36.5 Å². The summed E-state index contributed by atoms with van der Waals surface area (Å²) < 4.78 is 18.9. The van der Waals surface area contributed by atoms with Crippen LogP contribution in [0.1, 0.15) is 11.1 Å². The molecule has 0 amide bonds. The van der Waals surface area contributed by atoms with Crippen LogP contribution in [0, 0.1) is 22.9 Å². The minimum absolute atomic E-state index is 0.0832. The van der Waals surface area contributed by atoms with Gasteiger partial charge in [0.15, 0.2) is 5.58 Å². The highest BCUT2D eigenvalue weighted by atomic mass is 35.5. The average molecular weight is 426 g/mol. The molecule has 0 aliphatic carbocycles. The largest absolute Gasteiger partial charge is 0.507 e. The lowest BCUT2D eigenvalue weighted by molar-refractivity contribution is -0.384. The lowest BCUT2D eigenvalue weighted by atomic mass is 10.1. The fraction of sp³-hybridized carbons (Fsp3) is 0.0476. The van der Waals surface area contributed by atoms with Crippen molar-refractivity contribution in [2.24, 2.45) is 4.99 Å². The van der Waals surface area contributed by atoms with E-state index in [1.807, 2.05) is 0 Å². The van der Waals surface area contributed by atoms with Crippen molar-refractivity contribution in [3.05, 3.63) is 80.6 Å². The van der Waals surface area contributed by atoms with Crippen molar-refractivity contribution in [3.63, 3.8) is 0 Å². The minimum Gasteiger partial charge on any atom is -0.507 e. The third-order valence-electron chi connectivity index (χ3n) is 4.41.